The van der Waals surface area contributed by atoms with Gasteiger partial charge in [0.15, 0.2) is 0 Å². The second kappa shape index (κ2) is 7.46. The molecule has 0 nitrogen and oxygen atoms in total. The van der Waals surface area contributed by atoms with Gasteiger partial charge >= 0.3 is 0 Å². The van der Waals surface area contributed by atoms with Gasteiger partial charge in [-0.25, -0.2) is 0 Å². The highest BCUT2D eigenvalue weighted by molar-refractivity contribution is 8.21. The average molecular weight is 190 g/mol. The summed E-state index contributed by atoms with van der Waals surface area (Å²) < 4.78 is 1.27. The van der Waals surface area contributed by atoms with Crippen LogP contribution >= 0.6 is 35.3 Å². The molecule has 0 aliphatic rings. The molecule has 0 aromatic heterocycles. The number of rotatable bonds is 2. The zero-order chi connectivity index (χ0) is 7.82. The molecule has 0 saturated heterocycles. The molecule has 10 heavy (non-hydrogen) atoms. The molecule has 56 valence electrons. The number of hydrogen-bond donors (Lipinski definition) is 0. The third-order valence-electron chi connectivity index (χ3n) is 0.753. The van der Waals surface area contributed by atoms with Crippen LogP contribution < -0.4 is 0 Å². The maximum atomic E-state index is 2.95. The minimum Gasteiger partial charge on any atom is -0.122 e. The highest BCUT2D eigenvalue weighted by Gasteiger charge is 1.85. The van der Waals surface area contributed by atoms with E-state index in [2.05, 4.69) is 23.7 Å². The van der Waals surface area contributed by atoms with E-state index < -0.39 is 0 Å². The Labute approximate surface area is 75.6 Å². The molecule has 0 aliphatic carbocycles. The van der Waals surface area contributed by atoms with Crippen molar-refractivity contribution in [2.75, 3.05) is 18.8 Å². The van der Waals surface area contributed by atoms with Gasteiger partial charge in [0.05, 0.1) is 0 Å². The highest BCUT2D eigenvalue weighted by atomic mass is 32.2. The summed E-state index contributed by atoms with van der Waals surface area (Å²) in [4.78, 5) is 0. The maximum absolute atomic E-state index is 2.95. The monoisotopic (exact) mass is 190 g/mol. The van der Waals surface area contributed by atoms with E-state index in [-0.39, 0.29) is 0 Å². The summed E-state index contributed by atoms with van der Waals surface area (Å²) >= 11 is 5.01. The predicted molar refractivity (Wildman–Crippen MR) is 56.4 cm³/mol. The molecule has 0 heterocycles. The van der Waals surface area contributed by atoms with Crippen molar-refractivity contribution >= 4 is 35.3 Å². The van der Waals surface area contributed by atoms with Gasteiger partial charge in [-0.15, -0.1) is 23.5 Å². The molecule has 0 radical (unpaired) electrons. The van der Waals surface area contributed by atoms with Crippen molar-refractivity contribution in [3.63, 3.8) is 0 Å². The largest absolute Gasteiger partial charge is 0.122 e. The standard InChI is InChI=1S/C7H10S3/c1-8-6-4-5-7(9-2)10-3/h5H,1-3H3. The second-order valence-electron chi connectivity index (χ2n) is 1.32. The molecule has 0 bridgehead atoms. The quantitative estimate of drug-likeness (QED) is 0.615. The molecule has 0 aromatic carbocycles. The van der Waals surface area contributed by atoms with Crippen LogP contribution in [0.4, 0.5) is 0 Å². The lowest BCUT2D eigenvalue weighted by molar-refractivity contribution is 2.19. The lowest BCUT2D eigenvalue weighted by Crippen LogP contribution is -1.62. The summed E-state index contributed by atoms with van der Waals surface area (Å²) in [6, 6.07) is 0. The first-order chi connectivity index (χ1) is 4.85. The zero-order valence-electron chi connectivity index (χ0n) is 6.30. The second-order valence-corrected chi connectivity index (χ2v) is 3.89. The first-order valence-electron chi connectivity index (χ1n) is 2.66. The maximum Gasteiger partial charge on any atom is 0.0479 e. The van der Waals surface area contributed by atoms with Crippen molar-refractivity contribution < 1.29 is 0 Å². The van der Waals surface area contributed by atoms with Gasteiger partial charge in [-0.05, 0) is 24.0 Å². The van der Waals surface area contributed by atoms with Crippen molar-refractivity contribution in [3.8, 4) is 11.2 Å². The third-order valence-corrected chi connectivity index (χ3v) is 3.12. The van der Waals surface area contributed by atoms with Crippen molar-refractivity contribution in [1.29, 1.82) is 0 Å². The van der Waals surface area contributed by atoms with Gasteiger partial charge in [0, 0.05) is 10.3 Å². The molecule has 0 unspecified atom stereocenters. The van der Waals surface area contributed by atoms with Crippen LogP contribution in [0.15, 0.2) is 10.3 Å². The normalized spacial score (nSPS) is 7.90. The fraction of sp³-hybridized carbons (Fsp3) is 0.429. The Morgan fingerprint density at radius 3 is 2.20 bits per heavy atom. The van der Waals surface area contributed by atoms with E-state index >= 15 is 0 Å². The fourth-order valence-corrected chi connectivity index (χ4v) is 1.55. The Morgan fingerprint density at radius 2 is 1.80 bits per heavy atom. The zero-order valence-corrected chi connectivity index (χ0v) is 8.75. The number of thioether (sulfide) groups is 3. The first kappa shape index (κ1) is 10.3. The van der Waals surface area contributed by atoms with E-state index in [0.717, 1.165) is 0 Å². The molecule has 0 spiro atoms. The van der Waals surface area contributed by atoms with E-state index in [1.807, 2.05) is 12.3 Å². The van der Waals surface area contributed by atoms with E-state index in [4.69, 9.17) is 0 Å². The molecule has 0 saturated carbocycles. The van der Waals surface area contributed by atoms with Crippen LogP contribution in [0.1, 0.15) is 0 Å². The van der Waals surface area contributed by atoms with Crippen molar-refractivity contribution in [2.45, 2.75) is 0 Å². The lowest BCUT2D eigenvalue weighted by Gasteiger charge is -1.92. The summed E-state index contributed by atoms with van der Waals surface area (Å²) in [5.74, 6) is 2.95. The van der Waals surface area contributed by atoms with Gasteiger partial charge in [0.2, 0.25) is 0 Å². The minimum atomic E-state index is 1.27. The number of hydrogen-bond acceptors (Lipinski definition) is 3. The van der Waals surface area contributed by atoms with Gasteiger partial charge in [-0.1, -0.05) is 17.7 Å². The summed E-state index contributed by atoms with van der Waals surface area (Å²) in [7, 11) is 0. The lowest BCUT2D eigenvalue weighted by atomic mass is 10.7. The molecule has 0 amide bonds. The van der Waals surface area contributed by atoms with Crippen molar-refractivity contribution in [2.24, 2.45) is 0 Å². The SMILES string of the molecule is CSC#CC=C(SC)SC. The van der Waals surface area contributed by atoms with E-state index in [9.17, 15) is 0 Å². The van der Waals surface area contributed by atoms with Gasteiger partial charge in [0.25, 0.3) is 0 Å². The topological polar surface area (TPSA) is 0 Å². The first-order valence-corrected chi connectivity index (χ1v) is 6.34. The fourth-order valence-electron chi connectivity index (χ4n) is 0.348. The summed E-state index contributed by atoms with van der Waals surface area (Å²) in [6.07, 6.45) is 8.04. The minimum absolute atomic E-state index is 1.27. The Hall–Kier alpha value is 0.350. The van der Waals surface area contributed by atoms with Crippen LogP contribution in [0.25, 0.3) is 0 Å². The summed E-state index contributed by atoms with van der Waals surface area (Å²) in [5.41, 5.74) is 0. The molecule has 0 aromatic rings. The Bertz CT molecular complexity index is 155. The van der Waals surface area contributed by atoms with Crippen LogP contribution in [-0.4, -0.2) is 18.8 Å². The molecule has 0 atom stereocenters. The Morgan fingerprint density at radius 1 is 1.20 bits per heavy atom. The van der Waals surface area contributed by atoms with Crippen LogP contribution in [0, 0.1) is 11.2 Å². The predicted octanol–water partition coefficient (Wildman–Crippen LogP) is 2.88. The Balaban J connectivity index is 3.85. The van der Waals surface area contributed by atoms with E-state index in [1.54, 1.807) is 35.3 Å². The van der Waals surface area contributed by atoms with Gasteiger partial charge in [0.1, 0.15) is 0 Å². The highest BCUT2D eigenvalue weighted by Crippen LogP contribution is 2.22. The van der Waals surface area contributed by atoms with E-state index in [0.29, 0.717) is 0 Å². The van der Waals surface area contributed by atoms with Crippen molar-refractivity contribution in [3.05, 3.63) is 10.3 Å². The van der Waals surface area contributed by atoms with Gasteiger partial charge < -0.3 is 0 Å². The van der Waals surface area contributed by atoms with Crippen molar-refractivity contribution in [1.82, 2.24) is 0 Å². The smallest absolute Gasteiger partial charge is 0.0479 e. The van der Waals surface area contributed by atoms with Crippen LogP contribution in [0.5, 0.6) is 0 Å². The Kier molecular flexibility index (Phi) is 7.72. The molecule has 0 aliphatic heterocycles. The molecule has 0 N–H and O–H groups in total. The molecule has 3 heteroatoms. The van der Waals surface area contributed by atoms with Crippen LogP contribution in [0.2, 0.25) is 0 Å². The van der Waals surface area contributed by atoms with Crippen LogP contribution in [0.3, 0.4) is 0 Å². The average Bonchev–Trinajstić information content (AvgIpc) is 1.99. The molecule has 0 rings (SSSR count). The van der Waals surface area contributed by atoms with Crippen LogP contribution in [-0.2, 0) is 0 Å². The molecular formula is C7H10S3. The molecular weight excluding hydrogens is 180 g/mol. The third kappa shape index (κ3) is 5.16. The van der Waals surface area contributed by atoms with E-state index in [1.165, 1.54) is 4.24 Å². The van der Waals surface area contributed by atoms with Gasteiger partial charge in [-0.3, -0.25) is 0 Å². The summed E-state index contributed by atoms with van der Waals surface area (Å²) in [5, 5.41) is 2.91. The molecule has 0 fully saturated rings. The summed E-state index contributed by atoms with van der Waals surface area (Å²) in [6.45, 7) is 0. The number of allylic oxidation sites excluding steroid dienone is 1. The van der Waals surface area contributed by atoms with Gasteiger partial charge in [-0.2, -0.15) is 0 Å².